The third-order valence-corrected chi connectivity index (χ3v) is 7.47. The molecule has 0 aliphatic heterocycles. The highest BCUT2D eigenvalue weighted by Gasteiger charge is 2.59. The van der Waals surface area contributed by atoms with Crippen LogP contribution >= 0.6 is 0 Å². The highest BCUT2D eigenvalue weighted by Crippen LogP contribution is 2.61. The molecule has 0 radical (unpaired) electrons. The summed E-state index contributed by atoms with van der Waals surface area (Å²) in [5.41, 5.74) is 2.63. The van der Waals surface area contributed by atoms with Crippen molar-refractivity contribution in [2.24, 2.45) is 23.7 Å². The quantitative estimate of drug-likeness (QED) is 0.573. The first-order valence-corrected chi connectivity index (χ1v) is 11.5. The number of amides is 1. The Morgan fingerprint density at radius 3 is 2.66 bits per heavy atom. The topological polar surface area (TPSA) is 64.1 Å². The molecule has 3 unspecified atom stereocenters. The van der Waals surface area contributed by atoms with E-state index in [0.29, 0.717) is 34.8 Å². The molecule has 3 fully saturated rings. The Kier molecular flexibility index (Phi) is 4.63. The van der Waals surface area contributed by atoms with Crippen molar-refractivity contribution in [1.82, 2.24) is 9.97 Å². The van der Waals surface area contributed by atoms with Gasteiger partial charge in [-0.05, 0) is 79.8 Å². The van der Waals surface area contributed by atoms with Gasteiger partial charge in [-0.3, -0.25) is 14.8 Å². The Hall–Kier alpha value is -3.02. The summed E-state index contributed by atoms with van der Waals surface area (Å²) in [6.45, 7) is 2.03. The molecule has 0 spiro atoms. The second kappa shape index (κ2) is 7.54. The van der Waals surface area contributed by atoms with Gasteiger partial charge in [0.25, 0.3) is 0 Å². The number of fused-ring (bicyclic) bond motifs is 2. The highest BCUT2D eigenvalue weighted by molar-refractivity contribution is 5.92. The fourth-order valence-corrected chi connectivity index (χ4v) is 5.59. The second-order valence-corrected chi connectivity index (χ2v) is 9.61. The zero-order valence-corrected chi connectivity index (χ0v) is 18.0. The minimum Gasteiger partial charge on any atom is -0.490 e. The van der Waals surface area contributed by atoms with E-state index in [1.54, 1.807) is 18.5 Å². The van der Waals surface area contributed by atoms with Gasteiger partial charge in [-0.25, -0.2) is 4.39 Å². The van der Waals surface area contributed by atoms with Crippen LogP contribution in [-0.2, 0) is 4.79 Å². The van der Waals surface area contributed by atoms with E-state index in [1.807, 2.05) is 25.1 Å². The lowest BCUT2D eigenvalue weighted by Gasteiger charge is -2.20. The third kappa shape index (κ3) is 3.61. The Balaban J connectivity index is 1.05. The Morgan fingerprint density at radius 1 is 1.12 bits per heavy atom. The molecular weight excluding hydrogens is 405 g/mol. The largest absolute Gasteiger partial charge is 0.490 e. The van der Waals surface area contributed by atoms with Crippen molar-refractivity contribution in [3.05, 3.63) is 60.3 Å². The summed E-state index contributed by atoms with van der Waals surface area (Å²) in [5, 5.41) is 3.75. The molecule has 3 atom stereocenters. The Bertz CT molecular complexity index is 1170. The van der Waals surface area contributed by atoms with Crippen molar-refractivity contribution in [1.29, 1.82) is 0 Å². The van der Waals surface area contributed by atoms with Crippen molar-refractivity contribution >= 4 is 22.5 Å². The van der Waals surface area contributed by atoms with E-state index in [9.17, 15) is 9.18 Å². The molecule has 164 valence electrons. The molecule has 32 heavy (non-hydrogen) atoms. The Morgan fingerprint density at radius 2 is 1.94 bits per heavy atom. The maximum absolute atomic E-state index is 13.7. The molecule has 1 N–H and O–H groups in total. The summed E-state index contributed by atoms with van der Waals surface area (Å²) in [7, 11) is 0. The fourth-order valence-electron chi connectivity index (χ4n) is 5.59. The van der Waals surface area contributed by atoms with E-state index in [0.717, 1.165) is 29.7 Å². The number of anilines is 1. The van der Waals surface area contributed by atoms with Gasteiger partial charge in [0, 0.05) is 29.1 Å². The SMILES string of the molecule is CC(C(=O)Nc1ccc(C2CC2)nc1)C1C2CC(Oc3ccnc4ccc(F)cc34)CC21. The van der Waals surface area contributed by atoms with Gasteiger partial charge >= 0.3 is 0 Å². The first-order chi connectivity index (χ1) is 15.6. The summed E-state index contributed by atoms with van der Waals surface area (Å²) in [4.78, 5) is 21.6. The number of benzene rings is 1. The van der Waals surface area contributed by atoms with E-state index >= 15 is 0 Å². The van der Waals surface area contributed by atoms with Gasteiger partial charge in [0.15, 0.2) is 0 Å². The summed E-state index contributed by atoms with van der Waals surface area (Å²) < 4.78 is 20.0. The molecule has 5 nitrogen and oxygen atoms in total. The Labute approximate surface area is 186 Å². The number of nitrogens with one attached hydrogen (secondary N) is 1. The van der Waals surface area contributed by atoms with Crippen LogP contribution in [0.5, 0.6) is 5.75 Å². The summed E-state index contributed by atoms with van der Waals surface area (Å²) in [5.74, 6) is 2.47. The van der Waals surface area contributed by atoms with E-state index in [4.69, 9.17) is 4.74 Å². The molecule has 1 amide bonds. The van der Waals surface area contributed by atoms with Crippen molar-refractivity contribution in [3.8, 4) is 5.75 Å². The normalized spacial score (nSPS) is 27.1. The molecular formula is C26H26FN3O2. The first kappa shape index (κ1) is 19.6. The maximum atomic E-state index is 13.7. The van der Waals surface area contributed by atoms with Crippen molar-refractivity contribution in [3.63, 3.8) is 0 Å². The van der Waals surface area contributed by atoms with Crippen LogP contribution in [0.2, 0.25) is 0 Å². The van der Waals surface area contributed by atoms with Crippen LogP contribution in [0.1, 0.15) is 44.2 Å². The van der Waals surface area contributed by atoms with Crippen LogP contribution in [0, 0.1) is 29.5 Å². The standard InChI is InChI=1S/C26H26FN3O2/c1-14(26(31)30-17-5-7-22(29-13-17)15-2-3-15)25-19-11-18(12-20(19)25)32-24-8-9-28-23-6-4-16(27)10-21(23)24/h4-10,13-15,18-20,25H,2-3,11-12H2,1H3,(H,30,31). The van der Waals surface area contributed by atoms with Crippen molar-refractivity contribution < 1.29 is 13.9 Å². The number of carbonyl (C=O) groups excluding carboxylic acids is 1. The number of nitrogens with zero attached hydrogens (tertiary/aromatic N) is 2. The number of halogens is 1. The van der Waals surface area contributed by atoms with Crippen LogP contribution < -0.4 is 10.1 Å². The monoisotopic (exact) mass is 431 g/mol. The van der Waals surface area contributed by atoms with E-state index in [1.165, 1.54) is 25.0 Å². The average Bonchev–Trinajstić information content (AvgIpc) is 3.71. The summed E-state index contributed by atoms with van der Waals surface area (Å²) >= 11 is 0. The number of hydrogen-bond acceptors (Lipinski definition) is 4. The number of ether oxygens (including phenoxy) is 1. The molecule has 0 saturated heterocycles. The van der Waals surface area contributed by atoms with Crippen LogP contribution in [0.3, 0.4) is 0 Å². The fraction of sp³-hybridized carbons (Fsp3) is 0.423. The number of aromatic nitrogens is 2. The zero-order chi connectivity index (χ0) is 21.8. The van der Waals surface area contributed by atoms with Crippen LogP contribution in [0.25, 0.3) is 10.9 Å². The maximum Gasteiger partial charge on any atom is 0.227 e. The molecule has 3 aliphatic rings. The van der Waals surface area contributed by atoms with Gasteiger partial charge in [-0.1, -0.05) is 6.92 Å². The molecule has 3 saturated carbocycles. The smallest absolute Gasteiger partial charge is 0.227 e. The lowest BCUT2D eigenvalue weighted by atomic mass is 9.97. The molecule has 2 aromatic heterocycles. The average molecular weight is 432 g/mol. The second-order valence-electron chi connectivity index (χ2n) is 9.61. The van der Waals surface area contributed by atoms with Gasteiger partial charge in [0.1, 0.15) is 11.6 Å². The lowest BCUT2D eigenvalue weighted by molar-refractivity contribution is -0.120. The number of rotatable bonds is 6. The van der Waals surface area contributed by atoms with Crippen molar-refractivity contribution in [2.45, 2.75) is 44.6 Å². The van der Waals surface area contributed by atoms with Gasteiger partial charge in [0.2, 0.25) is 5.91 Å². The van der Waals surface area contributed by atoms with Gasteiger partial charge in [-0.2, -0.15) is 0 Å². The molecule has 0 bridgehead atoms. The number of pyridine rings is 2. The van der Waals surface area contributed by atoms with Gasteiger partial charge < -0.3 is 10.1 Å². The zero-order valence-electron chi connectivity index (χ0n) is 18.0. The minimum atomic E-state index is -0.290. The van der Waals surface area contributed by atoms with E-state index < -0.39 is 0 Å². The van der Waals surface area contributed by atoms with Crippen LogP contribution in [0.15, 0.2) is 48.8 Å². The lowest BCUT2D eigenvalue weighted by Crippen LogP contribution is -2.25. The van der Waals surface area contributed by atoms with Crippen LogP contribution in [-0.4, -0.2) is 22.0 Å². The van der Waals surface area contributed by atoms with Crippen molar-refractivity contribution in [2.75, 3.05) is 5.32 Å². The van der Waals surface area contributed by atoms with Gasteiger partial charge in [0.05, 0.1) is 23.5 Å². The number of hydrogen-bond donors (Lipinski definition) is 1. The van der Waals surface area contributed by atoms with E-state index in [-0.39, 0.29) is 23.7 Å². The molecule has 6 rings (SSSR count). The highest BCUT2D eigenvalue weighted by atomic mass is 19.1. The predicted octanol–water partition coefficient (Wildman–Crippen LogP) is 5.32. The predicted molar refractivity (Wildman–Crippen MR) is 120 cm³/mol. The molecule has 1 aromatic carbocycles. The molecule has 2 heterocycles. The van der Waals surface area contributed by atoms with E-state index in [2.05, 4.69) is 15.3 Å². The van der Waals surface area contributed by atoms with Gasteiger partial charge in [-0.15, -0.1) is 0 Å². The summed E-state index contributed by atoms with van der Waals surface area (Å²) in [6, 6.07) is 10.4. The summed E-state index contributed by atoms with van der Waals surface area (Å²) in [6.07, 6.45) is 7.89. The third-order valence-electron chi connectivity index (χ3n) is 7.47. The molecule has 6 heteroatoms. The van der Waals surface area contributed by atoms with Crippen LogP contribution in [0.4, 0.5) is 10.1 Å². The molecule has 3 aliphatic carbocycles. The first-order valence-electron chi connectivity index (χ1n) is 11.5. The number of carbonyl (C=O) groups is 1. The molecule has 3 aromatic rings. The minimum absolute atomic E-state index is 0.0371.